The molecule has 1 aliphatic heterocycles. The van der Waals surface area contributed by atoms with Crippen molar-refractivity contribution >= 4 is 17.7 Å². The van der Waals surface area contributed by atoms with Crippen molar-refractivity contribution in [3.05, 3.63) is 59.9 Å². The predicted molar refractivity (Wildman–Crippen MR) is 96.7 cm³/mol. The van der Waals surface area contributed by atoms with Gasteiger partial charge in [0, 0.05) is 24.1 Å². The van der Waals surface area contributed by atoms with Gasteiger partial charge >= 0.3 is 0 Å². The maximum Gasteiger partial charge on any atom is 0.260 e. The van der Waals surface area contributed by atoms with E-state index in [0.717, 1.165) is 11.5 Å². The summed E-state index contributed by atoms with van der Waals surface area (Å²) in [5.41, 5.74) is 1.18. The highest BCUT2D eigenvalue weighted by atomic mass is 32.2. The fraction of sp³-hybridized carbons (Fsp3) is 0.316. The van der Waals surface area contributed by atoms with Gasteiger partial charge in [-0.05, 0) is 42.0 Å². The minimum Gasteiger partial charge on any atom is -0.497 e. The number of thioether (sulfide) groups is 1. The van der Waals surface area contributed by atoms with Crippen molar-refractivity contribution in [3.63, 3.8) is 0 Å². The number of carbonyl (C=O) groups excluding carboxylic acids is 1. The number of nitrogens with zero attached hydrogens (tertiary/aromatic N) is 1. The van der Waals surface area contributed by atoms with E-state index in [1.165, 1.54) is 29.8 Å². The van der Waals surface area contributed by atoms with Gasteiger partial charge in [-0.2, -0.15) is 11.8 Å². The van der Waals surface area contributed by atoms with E-state index in [2.05, 4.69) is 0 Å². The fourth-order valence-corrected chi connectivity index (χ4v) is 3.91. The van der Waals surface area contributed by atoms with Crippen LogP contribution in [0.5, 0.6) is 11.5 Å². The summed E-state index contributed by atoms with van der Waals surface area (Å²) in [6.45, 7) is 1.33. The van der Waals surface area contributed by atoms with Crippen LogP contribution in [0.3, 0.4) is 0 Å². The normalized spacial score (nSPS) is 17.2. The zero-order valence-corrected chi connectivity index (χ0v) is 14.8. The molecule has 0 saturated carbocycles. The number of amides is 1. The van der Waals surface area contributed by atoms with Crippen molar-refractivity contribution < 1.29 is 18.7 Å². The van der Waals surface area contributed by atoms with E-state index < -0.39 is 0 Å². The van der Waals surface area contributed by atoms with Gasteiger partial charge in [-0.25, -0.2) is 4.39 Å². The standard InChI is InChI=1S/C19H20FNO3S/c1-23-16-6-2-14(3-7-16)18-12-21(10-11-25-18)19(22)13-24-17-8-4-15(20)5-9-17/h2-9,18H,10-13H2,1H3. The Balaban J connectivity index is 1.56. The third kappa shape index (κ3) is 4.66. The van der Waals surface area contributed by atoms with E-state index in [0.29, 0.717) is 18.8 Å². The Morgan fingerprint density at radius 3 is 2.52 bits per heavy atom. The summed E-state index contributed by atoms with van der Waals surface area (Å²) in [6, 6.07) is 13.6. The van der Waals surface area contributed by atoms with Crippen LogP contribution >= 0.6 is 11.8 Å². The second-order valence-electron chi connectivity index (χ2n) is 5.71. The highest BCUT2D eigenvalue weighted by Gasteiger charge is 2.25. The van der Waals surface area contributed by atoms with Gasteiger partial charge in [0.25, 0.3) is 5.91 Å². The summed E-state index contributed by atoms with van der Waals surface area (Å²) in [5.74, 6) is 1.83. The molecule has 25 heavy (non-hydrogen) atoms. The highest BCUT2D eigenvalue weighted by Crippen LogP contribution is 2.34. The van der Waals surface area contributed by atoms with E-state index in [1.807, 2.05) is 40.9 Å². The Labute approximate surface area is 150 Å². The van der Waals surface area contributed by atoms with E-state index in [-0.39, 0.29) is 23.6 Å². The molecule has 1 saturated heterocycles. The van der Waals surface area contributed by atoms with Gasteiger partial charge in [0.05, 0.1) is 7.11 Å². The molecule has 1 heterocycles. The van der Waals surface area contributed by atoms with Crippen LogP contribution in [-0.4, -0.2) is 43.4 Å². The van der Waals surface area contributed by atoms with Crippen LogP contribution in [-0.2, 0) is 4.79 Å². The molecule has 0 radical (unpaired) electrons. The second-order valence-corrected chi connectivity index (χ2v) is 7.03. The molecule has 3 rings (SSSR count). The summed E-state index contributed by atoms with van der Waals surface area (Å²) >= 11 is 1.85. The maximum atomic E-state index is 12.9. The van der Waals surface area contributed by atoms with Crippen LogP contribution in [0.2, 0.25) is 0 Å². The van der Waals surface area contributed by atoms with E-state index in [9.17, 15) is 9.18 Å². The van der Waals surface area contributed by atoms with Crippen molar-refractivity contribution in [2.75, 3.05) is 32.6 Å². The molecule has 1 fully saturated rings. The number of hydrogen-bond donors (Lipinski definition) is 0. The molecule has 1 atom stereocenters. The van der Waals surface area contributed by atoms with Crippen molar-refractivity contribution in [1.82, 2.24) is 4.90 Å². The van der Waals surface area contributed by atoms with Gasteiger partial charge in [0.2, 0.25) is 0 Å². The van der Waals surface area contributed by atoms with E-state index >= 15 is 0 Å². The van der Waals surface area contributed by atoms with Gasteiger partial charge in [-0.15, -0.1) is 0 Å². The molecule has 0 bridgehead atoms. The molecule has 6 heteroatoms. The fourth-order valence-electron chi connectivity index (χ4n) is 2.66. The molecule has 0 spiro atoms. The maximum absolute atomic E-state index is 12.9. The summed E-state index contributed by atoms with van der Waals surface area (Å²) in [6.07, 6.45) is 0. The van der Waals surface area contributed by atoms with Crippen LogP contribution in [0, 0.1) is 5.82 Å². The first-order valence-corrected chi connectivity index (χ1v) is 9.12. The average molecular weight is 361 g/mol. The molecular formula is C19H20FNO3S. The Morgan fingerprint density at radius 1 is 1.16 bits per heavy atom. The zero-order chi connectivity index (χ0) is 17.6. The summed E-state index contributed by atoms with van der Waals surface area (Å²) in [7, 11) is 1.64. The van der Waals surface area contributed by atoms with Crippen LogP contribution in [0.4, 0.5) is 4.39 Å². The Morgan fingerprint density at radius 2 is 1.84 bits per heavy atom. The van der Waals surface area contributed by atoms with Crippen LogP contribution in [0.1, 0.15) is 10.8 Å². The van der Waals surface area contributed by atoms with Crippen LogP contribution in [0.15, 0.2) is 48.5 Å². The molecular weight excluding hydrogens is 341 g/mol. The molecule has 1 aliphatic rings. The molecule has 1 unspecified atom stereocenters. The first-order valence-electron chi connectivity index (χ1n) is 8.07. The molecule has 0 N–H and O–H groups in total. The molecule has 2 aromatic carbocycles. The van der Waals surface area contributed by atoms with Crippen molar-refractivity contribution in [2.45, 2.75) is 5.25 Å². The number of benzene rings is 2. The number of halogens is 1. The van der Waals surface area contributed by atoms with Crippen molar-refractivity contribution in [3.8, 4) is 11.5 Å². The average Bonchev–Trinajstić information content (AvgIpc) is 2.67. The number of ether oxygens (including phenoxy) is 2. The first-order chi connectivity index (χ1) is 12.2. The smallest absolute Gasteiger partial charge is 0.260 e. The quantitative estimate of drug-likeness (QED) is 0.817. The minimum absolute atomic E-state index is 0.0361. The SMILES string of the molecule is COc1ccc(C2CN(C(=O)COc3ccc(F)cc3)CCS2)cc1. The molecule has 1 amide bonds. The molecule has 2 aromatic rings. The van der Waals surface area contributed by atoms with Gasteiger partial charge < -0.3 is 14.4 Å². The van der Waals surface area contributed by atoms with Crippen molar-refractivity contribution in [2.24, 2.45) is 0 Å². The monoisotopic (exact) mass is 361 g/mol. The third-order valence-corrected chi connectivity index (χ3v) is 5.32. The lowest BCUT2D eigenvalue weighted by atomic mass is 10.1. The van der Waals surface area contributed by atoms with Crippen LogP contribution < -0.4 is 9.47 Å². The third-order valence-electron chi connectivity index (χ3n) is 4.08. The summed E-state index contributed by atoms with van der Waals surface area (Å²) < 4.78 is 23.5. The number of hydrogen-bond acceptors (Lipinski definition) is 4. The summed E-state index contributed by atoms with van der Waals surface area (Å²) in [5, 5.41) is 0.245. The Bertz CT molecular complexity index is 706. The topological polar surface area (TPSA) is 38.8 Å². The zero-order valence-electron chi connectivity index (χ0n) is 14.0. The van der Waals surface area contributed by atoms with Gasteiger partial charge in [0.15, 0.2) is 6.61 Å². The number of rotatable bonds is 5. The van der Waals surface area contributed by atoms with Gasteiger partial charge in [0.1, 0.15) is 17.3 Å². The molecule has 4 nitrogen and oxygen atoms in total. The summed E-state index contributed by atoms with van der Waals surface area (Å²) in [4.78, 5) is 14.2. The lowest BCUT2D eigenvalue weighted by Gasteiger charge is -2.32. The molecule has 0 aliphatic carbocycles. The molecule has 132 valence electrons. The van der Waals surface area contributed by atoms with Gasteiger partial charge in [-0.1, -0.05) is 12.1 Å². The van der Waals surface area contributed by atoms with Crippen molar-refractivity contribution in [1.29, 1.82) is 0 Å². The highest BCUT2D eigenvalue weighted by molar-refractivity contribution is 7.99. The van der Waals surface area contributed by atoms with E-state index in [1.54, 1.807) is 7.11 Å². The minimum atomic E-state index is -0.325. The second kappa shape index (κ2) is 8.25. The number of carbonyl (C=O) groups is 1. The van der Waals surface area contributed by atoms with E-state index in [4.69, 9.17) is 9.47 Å². The Hall–Kier alpha value is -2.21. The largest absolute Gasteiger partial charge is 0.497 e. The number of methoxy groups -OCH3 is 1. The predicted octanol–water partition coefficient (Wildman–Crippen LogP) is 3.53. The molecule has 0 aromatic heterocycles. The van der Waals surface area contributed by atoms with Crippen LogP contribution in [0.25, 0.3) is 0 Å². The lowest BCUT2D eigenvalue weighted by molar-refractivity contribution is -0.133. The Kier molecular flexibility index (Phi) is 5.81. The lowest BCUT2D eigenvalue weighted by Crippen LogP contribution is -2.41. The van der Waals surface area contributed by atoms with Gasteiger partial charge in [-0.3, -0.25) is 4.79 Å². The first kappa shape index (κ1) is 17.6.